The van der Waals surface area contributed by atoms with Crippen molar-refractivity contribution in [3.05, 3.63) is 40.0 Å². The van der Waals surface area contributed by atoms with Gasteiger partial charge in [-0.1, -0.05) is 27.5 Å². The van der Waals surface area contributed by atoms with Crippen LogP contribution in [0.1, 0.15) is 6.92 Å². The van der Waals surface area contributed by atoms with Crippen LogP contribution in [0.25, 0.3) is 11.4 Å². The Labute approximate surface area is 113 Å². The van der Waals surface area contributed by atoms with E-state index in [-0.39, 0.29) is 0 Å². The van der Waals surface area contributed by atoms with E-state index in [4.69, 9.17) is 11.6 Å². The van der Waals surface area contributed by atoms with Crippen LogP contribution >= 0.6 is 27.5 Å². The van der Waals surface area contributed by atoms with Gasteiger partial charge in [0, 0.05) is 22.8 Å². The normalized spacial score (nSPS) is 10.3. The molecule has 2 rings (SSSR count). The maximum absolute atomic E-state index is 6.16. The van der Waals surface area contributed by atoms with E-state index >= 15 is 0 Å². The van der Waals surface area contributed by atoms with Crippen LogP contribution < -0.4 is 5.32 Å². The van der Waals surface area contributed by atoms with Crippen LogP contribution in [0, 0.1) is 0 Å². The fourth-order valence-corrected chi connectivity index (χ4v) is 2.20. The van der Waals surface area contributed by atoms with Gasteiger partial charge in [-0.15, -0.1) is 0 Å². The average molecular weight is 313 g/mol. The number of hydrogen-bond acceptors (Lipinski definition) is 3. The summed E-state index contributed by atoms with van der Waals surface area (Å²) in [6.45, 7) is 2.85. The van der Waals surface area contributed by atoms with Gasteiger partial charge in [-0.2, -0.15) is 0 Å². The highest BCUT2D eigenvalue weighted by molar-refractivity contribution is 9.10. The Kier molecular flexibility index (Phi) is 3.97. The summed E-state index contributed by atoms with van der Waals surface area (Å²) in [5.41, 5.74) is 0.828. The third kappa shape index (κ3) is 2.96. The zero-order chi connectivity index (χ0) is 12.3. The van der Waals surface area contributed by atoms with Gasteiger partial charge in [0.15, 0.2) is 5.82 Å². The van der Waals surface area contributed by atoms with Crippen LogP contribution in [0.2, 0.25) is 5.02 Å². The average Bonchev–Trinajstić information content (AvgIpc) is 2.29. The van der Waals surface area contributed by atoms with E-state index in [1.165, 1.54) is 0 Å². The summed E-state index contributed by atoms with van der Waals surface area (Å²) >= 11 is 9.53. The minimum absolute atomic E-state index is 0.626. The van der Waals surface area contributed by atoms with Gasteiger partial charge in [0.2, 0.25) is 0 Å². The maximum atomic E-state index is 6.16. The van der Waals surface area contributed by atoms with E-state index in [1.807, 2.05) is 31.2 Å². The number of halogens is 2. The summed E-state index contributed by atoms with van der Waals surface area (Å²) in [5, 5.41) is 3.78. The second-order valence-electron chi connectivity index (χ2n) is 3.42. The molecule has 0 bridgehead atoms. The summed E-state index contributed by atoms with van der Waals surface area (Å²) in [4.78, 5) is 8.63. The number of rotatable bonds is 3. The molecule has 2 aromatic rings. The van der Waals surface area contributed by atoms with E-state index in [9.17, 15) is 0 Å². The van der Waals surface area contributed by atoms with E-state index < -0.39 is 0 Å². The van der Waals surface area contributed by atoms with Gasteiger partial charge >= 0.3 is 0 Å². The fraction of sp³-hybridized carbons (Fsp3) is 0.167. The minimum Gasteiger partial charge on any atom is -0.370 e. The van der Waals surface area contributed by atoms with Crippen molar-refractivity contribution < 1.29 is 0 Å². The van der Waals surface area contributed by atoms with Crippen molar-refractivity contribution in [2.24, 2.45) is 0 Å². The molecule has 0 unspecified atom stereocenters. The van der Waals surface area contributed by atoms with Gasteiger partial charge in [-0.3, -0.25) is 0 Å². The Bertz CT molecular complexity index is 531. The lowest BCUT2D eigenvalue weighted by Crippen LogP contribution is -2.00. The molecule has 0 aliphatic carbocycles. The Hall–Kier alpha value is -1.13. The molecule has 0 atom stereocenters. The Balaban J connectivity index is 2.42. The van der Waals surface area contributed by atoms with Crippen LogP contribution in [0.4, 0.5) is 5.82 Å². The van der Waals surface area contributed by atoms with Crippen molar-refractivity contribution in [2.75, 3.05) is 11.9 Å². The molecule has 3 nitrogen and oxygen atoms in total. The quantitative estimate of drug-likeness (QED) is 0.931. The molecule has 0 spiro atoms. The van der Waals surface area contributed by atoms with Crippen LogP contribution in [-0.2, 0) is 0 Å². The predicted molar refractivity (Wildman–Crippen MR) is 74.3 cm³/mol. The number of hydrogen-bond donors (Lipinski definition) is 1. The van der Waals surface area contributed by atoms with E-state index in [1.54, 1.807) is 6.20 Å². The smallest absolute Gasteiger partial charge is 0.162 e. The molecule has 0 saturated carbocycles. The molecule has 0 saturated heterocycles. The zero-order valence-electron chi connectivity index (χ0n) is 9.24. The van der Waals surface area contributed by atoms with Crippen molar-refractivity contribution >= 4 is 33.3 Å². The zero-order valence-corrected chi connectivity index (χ0v) is 11.6. The van der Waals surface area contributed by atoms with Gasteiger partial charge in [0.05, 0.1) is 5.02 Å². The summed E-state index contributed by atoms with van der Waals surface area (Å²) in [6, 6.07) is 7.49. The monoisotopic (exact) mass is 311 g/mol. The molecule has 0 fully saturated rings. The number of anilines is 1. The SMILES string of the molecule is CCNc1ccnc(-c2ccc(Br)cc2Cl)n1. The highest BCUT2D eigenvalue weighted by Gasteiger charge is 2.07. The van der Waals surface area contributed by atoms with Gasteiger partial charge < -0.3 is 5.32 Å². The van der Waals surface area contributed by atoms with Gasteiger partial charge in [-0.05, 0) is 31.2 Å². The molecule has 0 aliphatic heterocycles. The minimum atomic E-state index is 0.626. The number of benzene rings is 1. The number of aromatic nitrogens is 2. The summed E-state index contributed by atoms with van der Waals surface area (Å²) in [6.07, 6.45) is 1.72. The third-order valence-corrected chi connectivity index (χ3v) is 2.99. The molecule has 0 amide bonds. The van der Waals surface area contributed by atoms with Crippen molar-refractivity contribution in [3.8, 4) is 11.4 Å². The van der Waals surface area contributed by atoms with E-state index in [0.29, 0.717) is 10.8 Å². The van der Waals surface area contributed by atoms with Crippen LogP contribution in [0.15, 0.2) is 34.9 Å². The predicted octanol–water partition coefficient (Wildman–Crippen LogP) is 3.99. The van der Waals surface area contributed by atoms with Crippen LogP contribution in [0.5, 0.6) is 0 Å². The maximum Gasteiger partial charge on any atom is 0.162 e. The lowest BCUT2D eigenvalue weighted by atomic mass is 10.2. The van der Waals surface area contributed by atoms with Gasteiger partial charge in [0.25, 0.3) is 0 Å². The lowest BCUT2D eigenvalue weighted by Gasteiger charge is -2.06. The molecule has 88 valence electrons. The first-order valence-corrected chi connectivity index (χ1v) is 6.40. The summed E-state index contributed by atoms with van der Waals surface area (Å²) in [7, 11) is 0. The molecule has 1 N–H and O–H groups in total. The van der Waals surface area contributed by atoms with Gasteiger partial charge in [-0.25, -0.2) is 9.97 Å². The second kappa shape index (κ2) is 5.47. The Morgan fingerprint density at radius 2 is 2.18 bits per heavy atom. The van der Waals surface area contributed by atoms with E-state index in [0.717, 1.165) is 22.4 Å². The first-order chi connectivity index (χ1) is 8.20. The topological polar surface area (TPSA) is 37.8 Å². The standard InChI is InChI=1S/C12H11BrClN3/c1-2-15-11-5-6-16-12(17-11)9-4-3-8(13)7-10(9)14/h3-7H,2H2,1H3,(H,15,16,17). The molecule has 5 heteroatoms. The fourth-order valence-electron chi connectivity index (χ4n) is 1.44. The third-order valence-electron chi connectivity index (χ3n) is 2.19. The van der Waals surface area contributed by atoms with E-state index in [2.05, 4.69) is 31.2 Å². The number of nitrogens with one attached hydrogen (secondary N) is 1. The van der Waals surface area contributed by atoms with Crippen molar-refractivity contribution in [2.45, 2.75) is 6.92 Å². The Morgan fingerprint density at radius 3 is 2.88 bits per heavy atom. The van der Waals surface area contributed by atoms with Crippen LogP contribution in [0.3, 0.4) is 0 Å². The molecule has 0 radical (unpaired) electrons. The molecule has 0 aliphatic rings. The molecular weight excluding hydrogens is 302 g/mol. The second-order valence-corrected chi connectivity index (χ2v) is 4.74. The summed E-state index contributed by atoms with van der Waals surface area (Å²) < 4.78 is 0.939. The van der Waals surface area contributed by atoms with Crippen molar-refractivity contribution in [3.63, 3.8) is 0 Å². The van der Waals surface area contributed by atoms with Gasteiger partial charge in [0.1, 0.15) is 5.82 Å². The lowest BCUT2D eigenvalue weighted by molar-refractivity contribution is 1.12. The Morgan fingerprint density at radius 1 is 1.35 bits per heavy atom. The highest BCUT2D eigenvalue weighted by Crippen LogP contribution is 2.28. The number of nitrogens with zero attached hydrogens (tertiary/aromatic N) is 2. The van der Waals surface area contributed by atoms with Crippen molar-refractivity contribution in [1.29, 1.82) is 0 Å². The summed E-state index contributed by atoms with van der Waals surface area (Å²) in [5.74, 6) is 1.43. The van der Waals surface area contributed by atoms with Crippen LogP contribution in [-0.4, -0.2) is 16.5 Å². The largest absolute Gasteiger partial charge is 0.370 e. The molecule has 17 heavy (non-hydrogen) atoms. The molecule has 1 aromatic heterocycles. The molecule has 1 aromatic carbocycles. The first kappa shape index (κ1) is 12.3. The van der Waals surface area contributed by atoms with Crippen molar-refractivity contribution in [1.82, 2.24) is 9.97 Å². The highest BCUT2D eigenvalue weighted by atomic mass is 79.9. The molecule has 1 heterocycles. The first-order valence-electron chi connectivity index (χ1n) is 5.23. The molecular formula is C12H11BrClN3.